The van der Waals surface area contributed by atoms with Crippen LogP contribution in [0.3, 0.4) is 0 Å². The lowest BCUT2D eigenvalue weighted by Crippen LogP contribution is -2.38. The molecule has 224 valence electrons. The molecule has 2 unspecified atom stereocenters. The van der Waals surface area contributed by atoms with Gasteiger partial charge >= 0.3 is 6.09 Å². The van der Waals surface area contributed by atoms with Crippen molar-refractivity contribution in [3.8, 4) is 11.8 Å². The predicted molar refractivity (Wildman–Crippen MR) is 165 cm³/mol. The fraction of sp³-hybridized carbons (Fsp3) is 0.312. The number of piperidine rings is 1. The number of anilines is 2. The molecule has 2 aliphatic heterocycles. The lowest BCUT2D eigenvalue weighted by atomic mass is 10.1. The summed E-state index contributed by atoms with van der Waals surface area (Å²) in [7, 11) is 0. The van der Waals surface area contributed by atoms with Crippen molar-refractivity contribution in [2.24, 2.45) is 0 Å². The van der Waals surface area contributed by atoms with E-state index in [9.17, 15) is 13.6 Å². The molecule has 2 aromatic carbocycles. The number of thiophene rings is 1. The molecule has 2 aliphatic rings. The van der Waals surface area contributed by atoms with Crippen LogP contribution in [0.2, 0.25) is 0 Å². The Kier molecular flexibility index (Phi) is 7.80. The summed E-state index contributed by atoms with van der Waals surface area (Å²) in [4.78, 5) is 24.0. The number of hydrogen-bond acceptors (Lipinski definition) is 8. The van der Waals surface area contributed by atoms with E-state index in [1.807, 2.05) is 24.3 Å². The van der Waals surface area contributed by atoms with Gasteiger partial charge in [0.2, 0.25) is 0 Å². The third kappa shape index (κ3) is 6.06. The van der Waals surface area contributed by atoms with Crippen LogP contribution < -0.4 is 10.6 Å². The number of halogens is 2. The van der Waals surface area contributed by atoms with Crippen molar-refractivity contribution in [3.63, 3.8) is 0 Å². The van der Waals surface area contributed by atoms with E-state index in [1.54, 1.807) is 15.8 Å². The van der Waals surface area contributed by atoms with Crippen LogP contribution in [0, 0.1) is 23.5 Å². The highest BCUT2D eigenvalue weighted by molar-refractivity contribution is 7.20. The van der Waals surface area contributed by atoms with Gasteiger partial charge in [-0.15, -0.1) is 11.3 Å². The van der Waals surface area contributed by atoms with Gasteiger partial charge in [0.05, 0.1) is 39.4 Å². The molecule has 2 saturated heterocycles. The lowest BCUT2D eigenvalue weighted by Gasteiger charge is -2.27. The first-order chi connectivity index (χ1) is 21.5. The zero-order valence-corrected chi connectivity index (χ0v) is 24.5. The van der Waals surface area contributed by atoms with E-state index in [1.165, 1.54) is 30.2 Å². The number of amides is 1. The Morgan fingerprint density at radius 3 is 2.89 bits per heavy atom. The minimum absolute atomic E-state index is 0.0619. The number of ether oxygens (including phenoxy) is 1. The van der Waals surface area contributed by atoms with Crippen LogP contribution in [0.15, 0.2) is 55.0 Å². The summed E-state index contributed by atoms with van der Waals surface area (Å²) in [5, 5.41) is 12.0. The second-order valence-corrected chi connectivity index (χ2v) is 12.1. The smallest absolute Gasteiger partial charge is 0.410 e. The molecule has 2 atom stereocenters. The molecule has 0 radical (unpaired) electrons. The molecule has 12 heteroatoms. The summed E-state index contributed by atoms with van der Waals surface area (Å²) in [6, 6.07) is 11.0. The molecule has 5 aromatic rings. The third-order valence-electron chi connectivity index (χ3n) is 7.89. The van der Waals surface area contributed by atoms with Crippen LogP contribution >= 0.6 is 11.3 Å². The van der Waals surface area contributed by atoms with E-state index < -0.39 is 11.6 Å². The van der Waals surface area contributed by atoms with Gasteiger partial charge in [0.1, 0.15) is 24.1 Å². The predicted octanol–water partition coefficient (Wildman–Crippen LogP) is 5.82. The quantitative estimate of drug-likeness (QED) is 0.241. The maximum absolute atomic E-state index is 14.2. The first-order valence-electron chi connectivity index (χ1n) is 14.6. The highest BCUT2D eigenvalue weighted by Gasteiger charge is 2.28. The third-order valence-corrected chi connectivity index (χ3v) is 8.93. The molecular weight excluding hydrogens is 584 g/mol. The van der Waals surface area contributed by atoms with E-state index in [2.05, 4.69) is 37.5 Å². The standard InChI is InChI=1S/C32H29F2N7O2S/c33-22-4-8-27(34)21(12-22)18-41-29-9-6-24(13-20(29)16-38-41)39-31-30-28(36-19-37-31)15-26(44-30)7-5-23-14-25(17-35-23)43-32(42)40-10-2-1-3-11-40/h4,6,8-9,12-13,15-16,19,23,25,35H,1-3,10-11,14,17-18H2,(H,36,37,39). The maximum Gasteiger partial charge on any atom is 0.410 e. The number of carbonyl (C=O) groups excluding carboxylic acids is 1. The summed E-state index contributed by atoms with van der Waals surface area (Å²) in [5.41, 5.74) is 2.62. The molecule has 2 fully saturated rings. The van der Waals surface area contributed by atoms with E-state index in [4.69, 9.17) is 4.74 Å². The average molecular weight is 614 g/mol. The van der Waals surface area contributed by atoms with Crippen molar-refractivity contribution >= 4 is 50.1 Å². The first kappa shape index (κ1) is 28.2. The molecule has 7 rings (SSSR count). The summed E-state index contributed by atoms with van der Waals surface area (Å²) >= 11 is 1.50. The number of nitrogens with one attached hydrogen (secondary N) is 2. The van der Waals surface area contributed by atoms with E-state index >= 15 is 0 Å². The Bertz CT molecular complexity index is 1910. The minimum Gasteiger partial charge on any atom is -0.445 e. The van der Waals surface area contributed by atoms with Gasteiger partial charge in [-0.1, -0.05) is 11.8 Å². The number of carbonyl (C=O) groups is 1. The van der Waals surface area contributed by atoms with Gasteiger partial charge in [-0.05, 0) is 61.7 Å². The second kappa shape index (κ2) is 12.2. The Hall–Kier alpha value is -4.60. The second-order valence-electron chi connectivity index (χ2n) is 11.0. The van der Waals surface area contributed by atoms with Gasteiger partial charge in [-0.2, -0.15) is 5.10 Å². The fourth-order valence-corrected chi connectivity index (χ4v) is 6.53. The summed E-state index contributed by atoms with van der Waals surface area (Å²) in [5.74, 6) is 6.23. The van der Waals surface area contributed by atoms with Crippen molar-refractivity contribution in [1.29, 1.82) is 0 Å². The Morgan fingerprint density at radius 2 is 2.00 bits per heavy atom. The van der Waals surface area contributed by atoms with Gasteiger partial charge in [-0.25, -0.2) is 23.5 Å². The number of aromatic nitrogens is 4. The number of likely N-dealkylation sites (tertiary alicyclic amines) is 1. The number of rotatable bonds is 5. The van der Waals surface area contributed by atoms with Crippen molar-refractivity contribution in [3.05, 3.63) is 77.1 Å². The Morgan fingerprint density at radius 1 is 1.11 bits per heavy atom. The summed E-state index contributed by atoms with van der Waals surface area (Å²) in [6.07, 6.45) is 6.69. The topological polar surface area (TPSA) is 97.2 Å². The Labute approximate surface area is 256 Å². The Balaban J connectivity index is 1.02. The SMILES string of the molecule is O=C(OC1CNC(C#Cc2cc3ncnc(Nc4ccc5c(cnn5Cc5cc(F)ccc5F)c4)c3s2)C1)N1CCCCC1. The van der Waals surface area contributed by atoms with Crippen LogP contribution in [0.25, 0.3) is 21.1 Å². The van der Waals surface area contributed by atoms with E-state index in [-0.39, 0.29) is 30.3 Å². The number of benzene rings is 2. The van der Waals surface area contributed by atoms with Crippen molar-refractivity contribution < 1.29 is 18.3 Å². The van der Waals surface area contributed by atoms with Crippen LogP contribution in [0.5, 0.6) is 0 Å². The highest BCUT2D eigenvalue weighted by atomic mass is 32.1. The van der Waals surface area contributed by atoms with Crippen LogP contribution in [0.1, 0.15) is 36.1 Å². The maximum atomic E-state index is 14.2. The number of nitrogens with zero attached hydrogens (tertiary/aromatic N) is 5. The van der Waals surface area contributed by atoms with E-state index in [0.29, 0.717) is 18.8 Å². The zero-order valence-electron chi connectivity index (χ0n) is 23.7. The summed E-state index contributed by atoms with van der Waals surface area (Å²) < 4.78 is 36.1. The molecular formula is C32H29F2N7O2S. The molecule has 0 spiro atoms. The van der Waals surface area contributed by atoms with Gasteiger partial charge in [-0.3, -0.25) is 10.00 Å². The zero-order chi connectivity index (χ0) is 30.0. The van der Waals surface area contributed by atoms with Gasteiger partial charge in [0.25, 0.3) is 0 Å². The van der Waals surface area contributed by atoms with Crippen molar-refractivity contribution in [1.82, 2.24) is 30.0 Å². The summed E-state index contributed by atoms with van der Waals surface area (Å²) in [6.45, 7) is 2.25. The molecule has 0 bridgehead atoms. The molecule has 1 amide bonds. The van der Waals surface area contributed by atoms with Crippen LogP contribution in [-0.4, -0.2) is 62.5 Å². The van der Waals surface area contributed by atoms with Crippen LogP contribution in [0.4, 0.5) is 25.1 Å². The molecule has 0 aliphatic carbocycles. The molecule has 44 heavy (non-hydrogen) atoms. The van der Waals surface area contributed by atoms with Gasteiger partial charge < -0.3 is 15.0 Å². The highest BCUT2D eigenvalue weighted by Crippen LogP contribution is 2.31. The van der Waals surface area contributed by atoms with Crippen molar-refractivity contribution in [2.75, 3.05) is 25.0 Å². The average Bonchev–Trinajstić information content (AvgIpc) is 3.77. The number of hydrogen-bond donors (Lipinski definition) is 2. The fourth-order valence-electron chi connectivity index (χ4n) is 5.61. The number of fused-ring (bicyclic) bond motifs is 2. The first-order valence-corrected chi connectivity index (χ1v) is 15.4. The lowest BCUT2D eigenvalue weighted by molar-refractivity contribution is 0.0646. The minimum atomic E-state index is -0.488. The molecule has 0 saturated carbocycles. The van der Waals surface area contributed by atoms with Gasteiger partial charge in [0.15, 0.2) is 5.82 Å². The van der Waals surface area contributed by atoms with Crippen LogP contribution in [-0.2, 0) is 11.3 Å². The monoisotopic (exact) mass is 613 g/mol. The molecule has 5 heterocycles. The molecule has 2 N–H and O–H groups in total. The normalized spacial score (nSPS) is 18.4. The van der Waals surface area contributed by atoms with Gasteiger partial charge in [0, 0.05) is 42.7 Å². The largest absolute Gasteiger partial charge is 0.445 e. The van der Waals surface area contributed by atoms with E-state index in [0.717, 1.165) is 69.7 Å². The molecule has 3 aromatic heterocycles. The van der Waals surface area contributed by atoms with Crippen molar-refractivity contribution in [2.45, 2.75) is 44.4 Å². The molecule has 9 nitrogen and oxygen atoms in total.